The minimum Gasteiger partial charge on any atom is -0.392 e. The molecule has 0 heterocycles. The number of aliphatic hydroxyl groups is 1. The second kappa shape index (κ2) is 4.61. The van der Waals surface area contributed by atoms with Gasteiger partial charge in [-0.2, -0.15) is 0 Å². The summed E-state index contributed by atoms with van der Waals surface area (Å²) in [4.78, 5) is 0. The molecule has 2 rings (SSSR count). The lowest BCUT2D eigenvalue weighted by Crippen LogP contribution is -2.10. The maximum Gasteiger partial charge on any atom is 0.129 e. The Morgan fingerprint density at radius 2 is 1.71 bits per heavy atom. The van der Waals surface area contributed by atoms with E-state index in [2.05, 4.69) is 12.2 Å². The van der Waals surface area contributed by atoms with Gasteiger partial charge in [-0.1, -0.05) is 26.0 Å². The summed E-state index contributed by atoms with van der Waals surface area (Å²) >= 11 is 0. The normalized spacial score (nSPS) is 14.4. The lowest BCUT2D eigenvalue weighted by Gasteiger charge is -2.20. The number of aliphatic hydroxyl groups excluding tert-OH is 1. The first kappa shape index (κ1) is 12.3. The molecule has 0 spiro atoms. The van der Waals surface area contributed by atoms with Gasteiger partial charge in [-0.25, -0.2) is 4.39 Å². The monoisotopic (exact) mass is 234 g/mol. The molecule has 0 saturated carbocycles. The smallest absolute Gasteiger partial charge is 0.129 e. The maximum atomic E-state index is 14.3. The van der Waals surface area contributed by atoms with Gasteiger partial charge in [0.05, 0.1) is 6.61 Å². The first-order valence-electron chi connectivity index (χ1n) is 6.27. The molecule has 17 heavy (non-hydrogen) atoms. The SMILES string of the molecule is CCc1c(C)c(F)c(CC)c(C2C=C2)c1CO. The van der Waals surface area contributed by atoms with E-state index in [1.807, 2.05) is 20.8 Å². The summed E-state index contributed by atoms with van der Waals surface area (Å²) in [6, 6.07) is 0. The summed E-state index contributed by atoms with van der Waals surface area (Å²) in [6.45, 7) is 5.80. The van der Waals surface area contributed by atoms with Gasteiger partial charge in [-0.15, -0.1) is 0 Å². The molecule has 0 amide bonds. The standard InChI is InChI=1S/C15H19FO/c1-4-11-9(3)15(16)12(5-2)14(10-6-7-10)13(11)8-17/h6-7,10,17H,4-5,8H2,1-3H3. The van der Waals surface area contributed by atoms with Gasteiger partial charge in [0, 0.05) is 5.92 Å². The third-order valence-electron chi connectivity index (χ3n) is 3.64. The van der Waals surface area contributed by atoms with Crippen molar-refractivity contribution in [2.24, 2.45) is 0 Å². The van der Waals surface area contributed by atoms with Crippen LogP contribution in [-0.2, 0) is 19.4 Å². The van der Waals surface area contributed by atoms with E-state index >= 15 is 0 Å². The number of halogens is 1. The van der Waals surface area contributed by atoms with Gasteiger partial charge >= 0.3 is 0 Å². The Labute approximate surface area is 102 Å². The lowest BCUT2D eigenvalue weighted by molar-refractivity contribution is 0.279. The van der Waals surface area contributed by atoms with Crippen molar-refractivity contribution in [3.63, 3.8) is 0 Å². The van der Waals surface area contributed by atoms with Crippen LogP contribution in [0.4, 0.5) is 4.39 Å². The average Bonchev–Trinajstić information content (AvgIpc) is 3.15. The molecule has 0 bridgehead atoms. The van der Waals surface area contributed by atoms with Gasteiger partial charge in [0.25, 0.3) is 0 Å². The van der Waals surface area contributed by atoms with E-state index in [-0.39, 0.29) is 18.3 Å². The van der Waals surface area contributed by atoms with Crippen molar-refractivity contribution in [2.45, 2.75) is 46.1 Å². The van der Waals surface area contributed by atoms with Crippen molar-refractivity contribution in [1.29, 1.82) is 0 Å². The molecular weight excluding hydrogens is 215 g/mol. The minimum absolute atomic E-state index is 0.00477. The van der Waals surface area contributed by atoms with Crippen LogP contribution < -0.4 is 0 Å². The molecule has 1 aliphatic rings. The Morgan fingerprint density at radius 1 is 1.12 bits per heavy atom. The highest BCUT2D eigenvalue weighted by molar-refractivity contribution is 5.54. The largest absolute Gasteiger partial charge is 0.392 e. The van der Waals surface area contributed by atoms with Crippen LogP contribution in [0.2, 0.25) is 0 Å². The van der Waals surface area contributed by atoms with Crippen LogP contribution in [0.5, 0.6) is 0 Å². The van der Waals surface area contributed by atoms with Crippen molar-refractivity contribution in [3.05, 3.63) is 45.8 Å². The van der Waals surface area contributed by atoms with Crippen LogP contribution >= 0.6 is 0 Å². The molecule has 1 aromatic carbocycles. The molecule has 0 aliphatic heterocycles. The van der Waals surface area contributed by atoms with Crippen molar-refractivity contribution in [3.8, 4) is 0 Å². The fourth-order valence-electron chi connectivity index (χ4n) is 2.70. The number of rotatable bonds is 4. The summed E-state index contributed by atoms with van der Waals surface area (Å²) in [5.41, 5.74) is 4.41. The molecule has 0 radical (unpaired) electrons. The molecule has 0 aromatic heterocycles. The molecule has 0 fully saturated rings. The molecule has 0 unspecified atom stereocenters. The predicted molar refractivity (Wildman–Crippen MR) is 67.7 cm³/mol. The molecule has 2 heteroatoms. The predicted octanol–water partition coefficient (Wildman–Crippen LogP) is 3.40. The molecule has 1 nitrogen and oxygen atoms in total. The Morgan fingerprint density at radius 3 is 2.12 bits per heavy atom. The number of benzene rings is 1. The molecule has 92 valence electrons. The summed E-state index contributed by atoms with van der Waals surface area (Å²) in [7, 11) is 0. The van der Waals surface area contributed by atoms with Crippen LogP contribution in [-0.4, -0.2) is 5.11 Å². The molecule has 1 aromatic rings. The average molecular weight is 234 g/mol. The van der Waals surface area contributed by atoms with E-state index < -0.39 is 0 Å². The van der Waals surface area contributed by atoms with E-state index in [9.17, 15) is 9.50 Å². The maximum absolute atomic E-state index is 14.3. The van der Waals surface area contributed by atoms with Crippen LogP contribution in [0.15, 0.2) is 12.2 Å². The van der Waals surface area contributed by atoms with Crippen LogP contribution in [0.1, 0.15) is 47.6 Å². The molecule has 0 atom stereocenters. The number of allylic oxidation sites excluding steroid dienone is 2. The van der Waals surface area contributed by atoms with E-state index in [4.69, 9.17) is 0 Å². The Hall–Kier alpha value is -1.15. The first-order valence-corrected chi connectivity index (χ1v) is 6.27. The van der Waals surface area contributed by atoms with Gasteiger partial charge in [0.15, 0.2) is 0 Å². The second-order valence-corrected chi connectivity index (χ2v) is 4.56. The van der Waals surface area contributed by atoms with Gasteiger partial charge in [-0.05, 0) is 47.6 Å². The van der Waals surface area contributed by atoms with Crippen LogP contribution in [0, 0.1) is 12.7 Å². The quantitative estimate of drug-likeness (QED) is 0.792. The van der Waals surface area contributed by atoms with E-state index in [0.29, 0.717) is 12.0 Å². The summed E-state index contributed by atoms with van der Waals surface area (Å²) in [6.07, 6.45) is 5.56. The van der Waals surface area contributed by atoms with Gasteiger partial charge in [-0.3, -0.25) is 0 Å². The summed E-state index contributed by atoms with van der Waals surface area (Å²) < 4.78 is 14.3. The highest BCUT2D eigenvalue weighted by Gasteiger charge is 2.26. The zero-order valence-electron chi connectivity index (χ0n) is 10.7. The highest BCUT2D eigenvalue weighted by atomic mass is 19.1. The van der Waals surface area contributed by atoms with Crippen molar-refractivity contribution in [1.82, 2.24) is 0 Å². The Balaban J connectivity index is 2.72. The van der Waals surface area contributed by atoms with Crippen LogP contribution in [0.3, 0.4) is 0 Å². The van der Waals surface area contributed by atoms with Gasteiger partial charge < -0.3 is 5.11 Å². The van der Waals surface area contributed by atoms with E-state index in [1.54, 1.807) is 0 Å². The Bertz CT molecular complexity index is 469. The van der Waals surface area contributed by atoms with Crippen molar-refractivity contribution < 1.29 is 9.50 Å². The topological polar surface area (TPSA) is 20.2 Å². The van der Waals surface area contributed by atoms with Gasteiger partial charge in [0.1, 0.15) is 5.82 Å². The first-order chi connectivity index (χ1) is 8.15. The molecular formula is C15H19FO. The zero-order valence-corrected chi connectivity index (χ0v) is 10.7. The minimum atomic E-state index is -0.0785. The summed E-state index contributed by atoms with van der Waals surface area (Å²) in [5, 5.41) is 9.59. The fourth-order valence-corrected chi connectivity index (χ4v) is 2.70. The number of hydrogen-bond donors (Lipinski definition) is 1. The zero-order chi connectivity index (χ0) is 12.6. The second-order valence-electron chi connectivity index (χ2n) is 4.56. The fraction of sp³-hybridized carbons (Fsp3) is 0.467. The van der Waals surface area contributed by atoms with Crippen molar-refractivity contribution >= 4 is 0 Å². The van der Waals surface area contributed by atoms with E-state index in [0.717, 1.165) is 28.7 Å². The third-order valence-corrected chi connectivity index (χ3v) is 3.64. The lowest BCUT2D eigenvalue weighted by atomic mass is 9.86. The third kappa shape index (κ3) is 1.91. The molecule has 1 aliphatic carbocycles. The van der Waals surface area contributed by atoms with E-state index in [1.165, 1.54) is 0 Å². The van der Waals surface area contributed by atoms with Crippen molar-refractivity contribution in [2.75, 3.05) is 0 Å². The molecule has 0 saturated heterocycles. The highest BCUT2D eigenvalue weighted by Crippen LogP contribution is 2.39. The number of hydrogen-bond acceptors (Lipinski definition) is 1. The summed E-state index contributed by atoms with van der Waals surface area (Å²) in [5.74, 6) is 0.165. The molecule has 1 N–H and O–H groups in total. The Kier molecular flexibility index (Phi) is 3.34. The van der Waals surface area contributed by atoms with Gasteiger partial charge in [0.2, 0.25) is 0 Å². The van der Waals surface area contributed by atoms with Crippen LogP contribution in [0.25, 0.3) is 0 Å².